The summed E-state index contributed by atoms with van der Waals surface area (Å²) in [6.07, 6.45) is 1.79. The van der Waals surface area contributed by atoms with Crippen molar-refractivity contribution in [1.29, 1.82) is 0 Å². The zero-order chi connectivity index (χ0) is 8.55. The summed E-state index contributed by atoms with van der Waals surface area (Å²) in [5, 5.41) is 9.15. The van der Waals surface area contributed by atoms with Gasteiger partial charge in [-0.3, -0.25) is 4.98 Å². The van der Waals surface area contributed by atoms with Crippen LogP contribution >= 0.6 is 0 Å². The molecular weight excluding hydrogens is 150 g/mol. The topological polar surface area (TPSA) is 38.7 Å². The van der Waals surface area contributed by atoms with Crippen molar-refractivity contribution in [2.75, 3.05) is 0 Å². The fourth-order valence-electron chi connectivity index (χ4n) is 1.21. The Kier molecular flexibility index (Phi) is 1.50. The predicted molar refractivity (Wildman–Crippen MR) is 46.8 cm³/mol. The molecule has 12 heavy (non-hydrogen) atoms. The molecule has 0 aliphatic rings. The maximum absolute atomic E-state index is 4.13. The number of aromatic nitrogens is 3. The van der Waals surface area contributed by atoms with Crippen LogP contribution in [0.25, 0.3) is 10.9 Å². The van der Waals surface area contributed by atoms with Crippen molar-refractivity contribution in [3.05, 3.63) is 29.7 Å². The Morgan fingerprint density at radius 2 is 2.00 bits per heavy atom. The third-order valence-corrected chi connectivity index (χ3v) is 1.81. The molecule has 2 rings (SSSR count). The zero-order valence-electron chi connectivity index (χ0n) is 7.07. The molecule has 0 fully saturated rings. The second-order valence-corrected chi connectivity index (χ2v) is 2.82. The van der Waals surface area contributed by atoms with Gasteiger partial charge in [0, 0.05) is 11.6 Å². The first-order chi connectivity index (χ1) is 5.77. The maximum atomic E-state index is 4.13. The van der Waals surface area contributed by atoms with Gasteiger partial charge in [-0.05, 0) is 26.0 Å². The molecule has 2 aromatic heterocycles. The van der Waals surface area contributed by atoms with Gasteiger partial charge in [-0.15, -0.1) is 5.10 Å². The van der Waals surface area contributed by atoms with Gasteiger partial charge in [-0.25, -0.2) is 0 Å². The smallest absolute Gasteiger partial charge is 0.114 e. The van der Waals surface area contributed by atoms with E-state index in [1.807, 2.05) is 26.0 Å². The standard InChI is InChI=1S/C9H9N3/c1-6-5-8-3-4-10-7(2)9(8)12-11-6/h3-5H,1-2H3. The first kappa shape index (κ1) is 7.16. The molecule has 0 aliphatic carbocycles. The SMILES string of the molecule is Cc1cc2ccnc(C)c2nn1. The predicted octanol–water partition coefficient (Wildman–Crippen LogP) is 1.64. The van der Waals surface area contributed by atoms with Gasteiger partial charge in [0.15, 0.2) is 0 Å². The van der Waals surface area contributed by atoms with Crippen molar-refractivity contribution < 1.29 is 0 Å². The van der Waals surface area contributed by atoms with Gasteiger partial charge in [-0.1, -0.05) is 0 Å². The number of nitrogens with zero attached hydrogens (tertiary/aromatic N) is 3. The number of fused-ring (bicyclic) bond motifs is 1. The average Bonchev–Trinajstić information content (AvgIpc) is 2.04. The summed E-state index contributed by atoms with van der Waals surface area (Å²) in [6.45, 7) is 3.87. The highest BCUT2D eigenvalue weighted by Crippen LogP contribution is 2.12. The molecule has 0 saturated heterocycles. The Hall–Kier alpha value is -1.51. The number of rotatable bonds is 0. The van der Waals surface area contributed by atoms with Gasteiger partial charge < -0.3 is 0 Å². The first-order valence-electron chi connectivity index (χ1n) is 3.83. The molecule has 60 valence electrons. The summed E-state index contributed by atoms with van der Waals surface area (Å²) in [5.41, 5.74) is 2.76. The molecule has 0 bridgehead atoms. The van der Waals surface area contributed by atoms with E-state index in [9.17, 15) is 0 Å². The largest absolute Gasteiger partial charge is 0.259 e. The van der Waals surface area contributed by atoms with Crippen LogP contribution in [0.5, 0.6) is 0 Å². The van der Waals surface area contributed by atoms with Crippen LogP contribution < -0.4 is 0 Å². The second-order valence-electron chi connectivity index (χ2n) is 2.82. The number of hydrogen-bond acceptors (Lipinski definition) is 3. The lowest BCUT2D eigenvalue weighted by molar-refractivity contribution is 1.00. The van der Waals surface area contributed by atoms with Crippen molar-refractivity contribution in [2.45, 2.75) is 13.8 Å². The van der Waals surface area contributed by atoms with E-state index in [2.05, 4.69) is 15.2 Å². The van der Waals surface area contributed by atoms with E-state index in [0.29, 0.717) is 0 Å². The lowest BCUT2D eigenvalue weighted by Crippen LogP contribution is -1.91. The van der Waals surface area contributed by atoms with E-state index in [4.69, 9.17) is 0 Å². The highest BCUT2D eigenvalue weighted by molar-refractivity contribution is 5.79. The minimum absolute atomic E-state index is 0.892. The van der Waals surface area contributed by atoms with Crippen LogP contribution in [-0.2, 0) is 0 Å². The molecular formula is C9H9N3. The third kappa shape index (κ3) is 1.03. The minimum atomic E-state index is 0.892. The van der Waals surface area contributed by atoms with Crippen LogP contribution in [0, 0.1) is 13.8 Å². The maximum Gasteiger partial charge on any atom is 0.114 e. The zero-order valence-corrected chi connectivity index (χ0v) is 7.07. The molecule has 2 heterocycles. The van der Waals surface area contributed by atoms with Gasteiger partial charge in [0.1, 0.15) is 5.52 Å². The summed E-state index contributed by atoms with van der Waals surface area (Å²) in [5.74, 6) is 0. The van der Waals surface area contributed by atoms with Crippen LogP contribution in [0.2, 0.25) is 0 Å². The van der Waals surface area contributed by atoms with Crippen LogP contribution in [-0.4, -0.2) is 15.2 Å². The number of hydrogen-bond donors (Lipinski definition) is 0. The summed E-state index contributed by atoms with van der Waals surface area (Å²) in [6, 6.07) is 3.96. The molecule has 3 nitrogen and oxygen atoms in total. The van der Waals surface area contributed by atoms with E-state index in [0.717, 1.165) is 22.3 Å². The molecule has 0 spiro atoms. The van der Waals surface area contributed by atoms with Crippen LogP contribution in [0.3, 0.4) is 0 Å². The number of pyridine rings is 1. The molecule has 0 unspecified atom stereocenters. The normalized spacial score (nSPS) is 10.5. The van der Waals surface area contributed by atoms with E-state index in [1.54, 1.807) is 6.20 Å². The van der Waals surface area contributed by atoms with Crippen molar-refractivity contribution in [3.63, 3.8) is 0 Å². The summed E-state index contributed by atoms with van der Waals surface area (Å²) < 4.78 is 0. The van der Waals surface area contributed by atoms with E-state index in [-0.39, 0.29) is 0 Å². The van der Waals surface area contributed by atoms with Crippen LogP contribution in [0.1, 0.15) is 11.4 Å². The monoisotopic (exact) mass is 159 g/mol. The third-order valence-electron chi connectivity index (χ3n) is 1.81. The summed E-state index contributed by atoms with van der Waals surface area (Å²) >= 11 is 0. The van der Waals surface area contributed by atoms with Gasteiger partial charge >= 0.3 is 0 Å². The van der Waals surface area contributed by atoms with E-state index >= 15 is 0 Å². The fraction of sp³-hybridized carbons (Fsp3) is 0.222. The highest BCUT2D eigenvalue weighted by atomic mass is 15.1. The fourth-order valence-corrected chi connectivity index (χ4v) is 1.21. The second kappa shape index (κ2) is 2.52. The Bertz CT molecular complexity index is 423. The Balaban J connectivity index is 2.86. The molecule has 0 N–H and O–H groups in total. The molecule has 0 aromatic carbocycles. The molecule has 0 saturated carbocycles. The van der Waals surface area contributed by atoms with E-state index in [1.165, 1.54) is 0 Å². The minimum Gasteiger partial charge on any atom is -0.259 e. The molecule has 0 amide bonds. The van der Waals surface area contributed by atoms with Crippen LogP contribution in [0.4, 0.5) is 0 Å². The molecule has 0 radical (unpaired) electrons. The highest BCUT2D eigenvalue weighted by Gasteiger charge is 1.98. The lowest BCUT2D eigenvalue weighted by Gasteiger charge is -1.98. The van der Waals surface area contributed by atoms with Gasteiger partial charge in [-0.2, -0.15) is 5.10 Å². The summed E-state index contributed by atoms with van der Waals surface area (Å²) in [4.78, 5) is 4.13. The van der Waals surface area contributed by atoms with Gasteiger partial charge in [0.05, 0.1) is 11.4 Å². The van der Waals surface area contributed by atoms with Crippen molar-refractivity contribution >= 4 is 10.9 Å². The van der Waals surface area contributed by atoms with Gasteiger partial charge in [0.25, 0.3) is 0 Å². The summed E-state index contributed by atoms with van der Waals surface area (Å²) in [7, 11) is 0. The average molecular weight is 159 g/mol. The van der Waals surface area contributed by atoms with Gasteiger partial charge in [0.2, 0.25) is 0 Å². The first-order valence-corrected chi connectivity index (χ1v) is 3.83. The van der Waals surface area contributed by atoms with Crippen molar-refractivity contribution in [1.82, 2.24) is 15.2 Å². The molecule has 2 aromatic rings. The Labute approximate surface area is 70.5 Å². The lowest BCUT2D eigenvalue weighted by atomic mass is 10.2. The van der Waals surface area contributed by atoms with Crippen molar-refractivity contribution in [2.24, 2.45) is 0 Å². The number of aryl methyl sites for hydroxylation is 2. The molecule has 3 heteroatoms. The van der Waals surface area contributed by atoms with E-state index < -0.39 is 0 Å². The van der Waals surface area contributed by atoms with Crippen molar-refractivity contribution in [3.8, 4) is 0 Å². The van der Waals surface area contributed by atoms with Crippen LogP contribution in [0.15, 0.2) is 18.3 Å². The molecule has 0 atom stereocenters. The quantitative estimate of drug-likeness (QED) is 0.586. The molecule has 0 aliphatic heterocycles. The Morgan fingerprint density at radius 1 is 1.17 bits per heavy atom. The Morgan fingerprint density at radius 3 is 2.83 bits per heavy atom.